The van der Waals surface area contributed by atoms with Crippen molar-refractivity contribution in [2.75, 3.05) is 13.6 Å². The van der Waals surface area contributed by atoms with Crippen LogP contribution in [0.25, 0.3) is 0 Å². The average Bonchev–Trinajstić information content (AvgIpc) is 2.64. The van der Waals surface area contributed by atoms with Crippen LogP contribution in [-0.4, -0.2) is 36.4 Å². The molecule has 1 heterocycles. The Labute approximate surface area is 152 Å². The Balaban J connectivity index is 1.89. The van der Waals surface area contributed by atoms with Gasteiger partial charge in [0.1, 0.15) is 5.82 Å². The normalized spacial score (nSPS) is 12.9. The number of hydrogen-bond donors (Lipinski definition) is 3. The molecule has 26 heavy (non-hydrogen) atoms. The van der Waals surface area contributed by atoms with Crippen LogP contribution in [0.2, 0.25) is 0 Å². The summed E-state index contributed by atoms with van der Waals surface area (Å²) >= 11 is 0. The highest BCUT2D eigenvalue weighted by atomic mass is 19.1. The minimum Gasteiger partial charge on any atom is -0.359 e. The maximum Gasteiger partial charge on any atom is 0.229 e. The van der Waals surface area contributed by atoms with E-state index in [-0.39, 0.29) is 37.0 Å². The van der Waals surface area contributed by atoms with Crippen LogP contribution in [0.3, 0.4) is 0 Å². The van der Waals surface area contributed by atoms with Gasteiger partial charge in [0.2, 0.25) is 11.8 Å². The molecule has 7 heteroatoms. The van der Waals surface area contributed by atoms with E-state index in [4.69, 9.17) is 5.73 Å². The molecule has 1 aromatic heterocycles. The standard InChI is InChI=1S/C19H23FN4O2/c1-22-19(26)16(13-6-8-23-9-7-13)12-24-18(25)11-15(21)10-14-4-2-3-5-17(14)20/h2-9,15-16H,10-12,21H2,1H3,(H,22,26)(H,24,25)/t15-,16-/m1/s1. The summed E-state index contributed by atoms with van der Waals surface area (Å²) in [4.78, 5) is 28.2. The van der Waals surface area contributed by atoms with Crippen molar-refractivity contribution < 1.29 is 14.0 Å². The van der Waals surface area contributed by atoms with Gasteiger partial charge < -0.3 is 16.4 Å². The SMILES string of the molecule is CNC(=O)[C@H](CNC(=O)C[C@H](N)Cc1ccccc1F)c1ccncc1. The summed E-state index contributed by atoms with van der Waals surface area (Å²) in [5.41, 5.74) is 7.20. The smallest absolute Gasteiger partial charge is 0.229 e. The summed E-state index contributed by atoms with van der Waals surface area (Å²) in [6.07, 6.45) is 3.50. The molecule has 0 fully saturated rings. The predicted octanol–water partition coefficient (Wildman–Crippen LogP) is 1.13. The third-order valence-electron chi connectivity index (χ3n) is 4.06. The molecule has 0 bridgehead atoms. The van der Waals surface area contributed by atoms with Crippen LogP contribution in [0.4, 0.5) is 4.39 Å². The van der Waals surface area contributed by atoms with E-state index in [9.17, 15) is 14.0 Å². The third kappa shape index (κ3) is 5.63. The number of nitrogens with two attached hydrogens (primary N) is 1. The van der Waals surface area contributed by atoms with Gasteiger partial charge in [0.25, 0.3) is 0 Å². The lowest BCUT2D eigenvalue weighted by Crippen LogP contribution is -2.38. The van der Waals surface area contributed by atoms with Gasteiger partial charge in [-0.25, -0.2) is 4.39 Å². The minimum absolute atomic E-state index is 0.0468. The number of likely N-dealkylation sites (N-methyl/N-ethyl adjacent to an activating group) is 1. The van der Waals surface area contributed by atoms with Gasteiger partial charge in [-0.05, 0) is 35.7 Å². The molecule has 2 atom stereocenters. The number of hydrogen-bond acceptors (Lipinski definition) is 4. The van der Waals surface area contributed by atoms with E-state index in [1.54, 1.807) is 49.8 Å². The lowest BCUT2D eigenvalue weighted by atomic mass is 9.99. The number of nitrogens with one attached hydrogen (secondary N) is 2. The first-order valence-corrected chi connectivity index (χ1v) is 8.38. The zero-order chi connectivity index (χ0) is 18.9. The summed E-state index contributed by atoms with van der Waals surface area (Å²) in [6, 6.07) is 9.31. The fraction of sp³-hybridized carbons (Fsp3) is 0.316. The maximum atomic E-state index is 13.7. The Bertz CT molecular complexity index is 739. The number of amides is 2. The molecule has 138 valence electrons. The molecule has 0 radical (unpaired) electrons. The molecule has 0 aliphatic rings. The van der Waals surface area contributed by atoms with Crippen molar-refractivity contribution in [2.24, 2.45) is 5.73 Å². The Morgan fingerprint density at radius 1 is 1.19 bits per heavy atom. The summed E-state index contributed by atoms with van der Waals surface area (Å²) in [5.74, 6) is -1.33. The summed E-state index contributed by atoms with van der Waals surface area (Å²) < 4.78 is 13.7. The molecule has 2 rings (SSSR count). The van der Waals surface area contributed by atoms with Gasteiger partial charge in [-0.3, -0.25) is 14.6 Å². The number of rotatable bonds is 8. The second kappa shape index (κ2) is 9.62. The van der Waals surface area contributed by atoms with E-state index < -0.39 is 12.0 Å². The van der Waals surface area contributed by atoms with Crippen LogP contribution in [0.5, 0.6) is 0 Å². The Hall–Kier alpha value is -2.80. The monoisotopic (exact) mass is 358 g/mol. The molecule has 0 spiro atoms. The maximum absolute atomic E-state index is 13.7. The van der Waals surface area contributed by atoms with E-state index in [0.29, 0.717) is 5.56 Å². The Kier molecular flexibility index (Phi) is 7.23. The van der Waals surface area contributed by atoms with Crippen LogP contribution in [-0.2, 0) is 16.0 Å². The van der Waals surface area contributed by atoms with Crippen molar-refractivity contribution in [3.05, 3.63) is 65.7 Å². The predicted molar refractivity (Wildman–Crippen MR) is 96.8 cm³/mol. The van der Waals surface area contributed by atoms with Crippen molar-refractivity contribution in [3.63, 3.8) is 0 Å². The Morgan fingerprint density at radius 3 is 2.54 bits per heavy atom. The molecular weight excluding hydrogens is 335 g/mol. The second-order valence-corrected chi connectivity index (χ2v) is 6.01. The number of nitrogens with zero attached hydrogens (tertiary/aromatic N) is 1. The van der Waals surface area contributed by atoms with E-state index >= 15 is 0 Å². The molecule has 2 amide bonds. The van der Waals surface area contributed by atoms with Gasteiger partial charge in [0.15, 0.2) is 0 Å². The fourth-order valence-corrected chi connectivity index (χ4v) is 2.68. The van der Waals surface area contributed by atoms with Crippen molar-refractivity contribution in [2.45, 2.75) is 24.8 Å². The van der Waals surface area contributed by atoms with Gasteiger partial charge in [0, 0.05) is 38.4 Å². The fourth-order valence-electron chi connectivity index (χ4n) is 2.68. The molecule has 0 aliphatic carbocycles. The van der Waals surface area contributed by atoms with E-state index in [1.165, 1.54) is 6.07 Å². The molecule has 0 aliphatic heterocycles. The number of carbonyl (C=O) groups excluding carboxylic acids is 2. The Morgan fingerprint density at radius 2 is 1.88 bits per heavy atom. The number of carbonyl (C=O) groups is 2. The molecule has 0 saturated carbocycles. The van der Waals surface area contributed by atoms with Crippen LogP contribution < -0.4 is 16.4 Å². The number of aromatic nitrogens is 1. The average molecular weight is 358 g/mol. The first kappa shape index (κ1) is 19.5. The highest BCUT2D eigenvalue weighted by Gasteiger charge is 2.21. The molecular formula is C19H23FN4O2. The quantitative estimate of drug-likeness (QED) is 0.659. The lowest BCUT2D eigenvalue weighted by Gasteiger charge is -2.17. The number of benzene rings is 1. The summed E-state index contributed by atoms with van der Waals surface area (Å²) in [5, 5.41) is 5.32. The third-order valence-corrected chi connectivity index (χ3v) is 4.06. The zero-order valence-electron chi connectivity index (χ0n) is 14.6. The highest BCUT2D eigenvalue weighted by Crippen LogP contribution is 2.14. The van der Waals surface area contributed by atoms with Crippen LogP contribution >= 0.6 is 0 Å². The first-order chi connectivity index (χ1) is 12.5. The van der Waals surface area contributed by atoms with Gasteiger partial charge in [-0.2, -0.15) is 0 Å². The van der Waals surface area contributed by atoms with Crippen LogP contribution in [0.1, 0.15) is 23.5 Å². The zero-order valence-corrected chi connectivity index (χ0v) is 14.6. The van der Waals surface area contributed by atoms with Gasteiger partial charge in [0.05, 0.1) is 5.92 Å². The first-order valence-electron chi connectivity index (χ1n) is 8.38. The topological polar surface area (TPSA) is 97.1 Å². The van der Waals surface area contributed by atoms with Crippen molar-refractivity contribution >= 4 is 11.8 Å². The molecule has 6 nitrogen and oxygen atoms in total. The molecule has 0 unspecified atom stereocenters. The number of halogens is 1. The van der Waals surface area contributed by atoms with Crippen molar-refractivity contribution in [3.8, 4) is 0 Å². The van der Waals surface area contributed by atoms with Crippen LogP contribution in [0, 0.1) is 5.82 Å². The van der Waals surface area contributed by atoms with Gasteiger partial charge >= 0.3 is 0 Å². The van der Waals surface area contributed by atoms with E-state index in [0.717, 1.165) is 5.56 Å². The lowest BCUT2D eigenvalue weighted by molar-refractivity contribution is -0.123. The summed E-state index contributed by atoms with van der Waals surface area (Å²) in [7, 11) is 1.54. The van der Waals surface area contributed by atoms with Crippen molar-refractivity contribution in [1.29, 1.82) is 0 Å². The van der Waals surface area contributed by atoms with Gasteiger partial charge in [-0.1, -0.05) is 18.2 Å². The molecule has 1 aromatic carbocycles. The van der Waals surface area contributed by atoms with E-state index in [2.05, 4.69) is 15.6 Å². The highest BCUT2D eigenvalue weighted by molar-refractivity contribution is 5.85. The van der Waals surface area contributed by atoms with Crippen molar-refractivity contribution in [1.82, 2.24) is 15.6 Å². The number of pyridine rings is 1. The van der Waals surface area contributed by atoms with E-state index in [1.807, 2.05) is 0 Å². The largest absolute Gasteiger partial charge is 0.359 e. The van der Waals surface area contributed by atoms with Crippen LogP contribution in [0.15, 0.2) is 48.8 Å². The van der Waals surface area contributed by atoms with Gasteiger partial charge in [-0.15, -0.1) is 0 Å². The molecule has 0 saturated heterocycles. The second-order valence-electron chi connectivity index (χ2n) is 6.01. The molecule has 2 aromatic rings. The molecule has 4 N–H and O–H groups in total. The minimum atomic E-state index is -0.519. The summed E-state index contributed by atoms with van der Waals surface area (Å²) in [6.45, 7) is 0.148.